The van der Waals surface area contributed by atoms with Gasteiger partial charge in [-0.05, 0) is 18.4 Å². The number of ether oxygens (including phenoxy) is 1. The molecule has 1 aliphatic rings. The zero-order valence-electron chi connectivity index (χ0n) is 11.5. The van der Waals surface area contributed by atoms with E-state index in [0.29, 0.717) is 18.4 Å². The van der Waals surface area contributed by atoms with Crippen LogP contribution < -0.4 is 4.72 Å². The number of hydrogen-bond acceptors (Lipinski definition) is 4. The van der Waals surface area contributed by atoms with Crippen LogP contribution in [0.15, 0.2) is 30.3 Å². The van der Waals surface area contributed by atoms with E-state index in [1.165, 1.54) is 7.11 Å². The highest BCUT2D eigenvalue weighted by atomic mass is 32.2. The lowest BCUT2D eigenvalue weighted by Crippen LogP contribution is -2.53. The van der Waals surface area contributed by atoms with E-state index in [1.807, 2.05) is 6.07 Å². The molecule has 0 aliphatic heterocycles. The molecule has 6 heteroatoms. The van der Waals surface area contributed by atoms with Crippen molar-refractivity contribution in [3.63, 3.8) is 0 Å². The standard InChI is InChI=1S/C14H19NO4S/c1-19-13(16)14(9-5-6-10-14)15-20(17,18)11-12-7-3-2-4-8-12/h2-4,7-8,15H,5-6,9-11H2,1H3. The smallest absolute Gasteiger partial charge is 0.327 e. The maximum atomic E-state index is 12.3. The maximum absolute atomic E-state index is 12.3. The van der Waals surface area contributed by atoms with Crippen LogP contribution in [-0.4, -0.2) is 27.0 Å². The Balaban J connectivity index is 2.16. The van der Waals surface area contributed by atoms with E-state index in [1.54, 1.807) is 24.3 Å². The Morgan fingerprint density at radius 2 is 1.85 bits per heavy atom. The summed E-state index contributed by atoms with van der Waals surface area (Å²) in [6.07, 6.45) is 2.63. The molecule has 0 bridgehead atoms. The molecule has 0 radical (unpaired) electrons. The zero-order valence-corrected chi connectivity index (χ0v) is 12.3. The quantitative estimate of drug-likeness (QED) is 0.838. The van der Waals surface area contributed by atoms with Crippen molar-refractivity contribution in [1.29, 1.82) is 0 Å². The second-order valence-corrected chi connectivity index (χ2v) is 6.85. The molecular formula is C14H19NO4S. The Hall–Kier alpha value is -1.40. The third-order valence-electron chi connectivity index (χ3n) is 3.58. The van der Waals surface area contributed by atoms with Crippen molar-refractivity contribution in [3.8, 4) is 0 Å². The molecule has 0 heterocycles. The van der Waals surface area contributed by atoms with Gasteiger partial charge in [0.2, 0.25) is 10.0 Å². The van der Waals surface area contributed by atoms with Gasteiger partial charge in [0.15, 0.2) is 0 Å². The fraction of sp³-hybridized carbons (Fsp3) is 0.500. The molecule has 110 valence electrons. The van der Waals surface area contributed by atoms with E-state index in [4.69, 9.17) is 4.74 Å². The Bertz CT molecular complexity index is 562. The number of rotatable bonds is 5. The molecular weight excluding hydrogens is 278 g/mol. The average molecular weight is 297 g/mol. The Kier molecular flexibility index (Phi) is 4.45. The van der Waals surface area contributed by atoms with Crippen LogP contribution in [0, 0.1) is 0 Å². The summed E-state index contributed by atoms with van der Waals surface area (Å²) >= 11 is 0. The van der Waals surface area contributed by atoms with Crippen molar-refractivity contribution in [3.05, 3.63) is 35.9 Å². The normalized spacial score (nSPS) is 17.9. The minimum absolute atomic E-state index is 0.132. The van der Waals surface area contributed by atoms with Crippen molar-refractivity contribution in [2.75, 3.05) is 7.11 Å². The minimum Gasteiger partial charge on any atom is -0.468 e. The van der Waals surface area contributed by atoms with Crippen LogP contribution in [-0.2, 0) is 25.3 Å². The van der Waals surface area contributed by atoms with Crippen LogP contribution >= 0.6 is 0 Å². The summed E-state index contributed by atoms with van der Waals surface area (Å²) in [7, 11) is -2.30. The SMILES string of the molecule is COC(=O)C1(NS(=O)(=O)Cc2ccccc2)CCCC1. The number of benzene rings is 1. The summed E-state index contributed by atoms with van der Waals surface area (Å²) < 4.78 is 31.9. The monoisotopic (exact) mass is 297 g/mol. The van der Waals surface area contributed by atoms with Gasteiger partial charge >= 0.3 is 5.97 Å². The van der Waals surface area contributed by atoms with Crippen molar-refractivity contribution in [2.45, 2.75) is 37.0 Å². The van der Waals surface area contributed by atoms with Crippen LogP contribution in [0.5, 0.6) is 0 Å². The average Bonchev–Trinajstić information content (AvgIpc) is 2.87. The molecule has 1 N–H and O–H groups in total. The predicted molar refractivity (Wildman–Crippen MR) is 75.4 cm³/mol. The molecule has 1 aromatic carbocycles. The molecule has 1 saturated carbocycles. The summed E-state index contributed by atoms with van der Waals surface area (Å²) in [5.41, 5.74) is -0.388. The fourth-order valence-electron chi connectivity index (χ4n) is 2.65. The van der Waals surface area contributed by atoms with Gasteiger partial charge in [0.05, 0.1) is 12.9 Å². The zero-order chi connectivity index (χ0) is 14.6. The van der Waals surface area contributed by atoms with Crippen LogP contribution in [0.1, 0.15) is 31.2 Å². The van der Waals surface area contributed by atoms with E-state index in [0.717, 1.165) is 12.8 Å². The van der Waals surface area contributed by atoms with Gasteiger partial charge in [-0.1, -0.05) is 43.2 Å². The molecule has 20 heavy (non-hydrogen) atoms. The molecule has 5 nitrogen and oxygen atoms in total. The first kappa shape index (κ1) is 15.0. The molecule has 1 aliphatic carbocycles. The second-order valence-electron chi connectivity index (χ2n) is 5.13. The molecule has 0 amide bonds. The second kappa shape index (κ2) is 5.93. The van der Waals surface area contributed by atoms with E-state index < -0.39 is 21.5 Å². The van der Waals surface area contributed by atoms with Crippen LogP contribution in [0.3, 0.4) is 0 Å². The molecule has 1 fully saturated rings. The number of esters is 1. The van der Waals surface area contributed by atoms with Crippen molar-refractivity contribution in [2.24, 2.45) is 0 Å². The number of nitrogens with one attached hydrogen (secondary N) is 1. The molecule has 0 atom stereocenters. The maximum Gasteiger partial charge on any atom is 0.327 e. The van der Waals surface area contributed by atoms with E-state index in [9.17, 15) is 13.2 Å². The fourth-order valence-corrected chi connectivity index (χ4v) is 4.24. The number of carbonyl (C=O) groups excluding carboxylic acids is 1. The topological polar surface area (TPSA) is 72.5 Å². The number of methoxy groups -OCH3 is 1. The van der Waals surface area contributed by atoms with Crippen LogP contribution in [0.2, 0.25) is 0 Å². The summed E-state index contributed by atoms with van der Waals surface area (Å²) in [5.74, 6) is -0.626. The van der Waals surface area contributed by atoms with E-state index in [2.05, 4.69) is 4.72 Å². The lowest BCUT2D eigenvalue weighted by atomic mass is 10.00. The highest BCUT2D eigenvalue weighted by Crippen LogP contribution is 2.31. The number of hydrogen-bond donors (Lipinski definition) is 1. The highest BCUT2D eigenvalue weighted by molar-refractivity contribution is 7.88. The number of sulfonamides is 1. The predicted octanol–water partition coefficient (Wildman–Crippen LogP) is 1.59. The summed E-state index contributed by atoms with van der Waals surface area (Å²) in [4.78, 5) is 11.9. The number of carbonyl (C=O) groups is 1. The van der Waals surface area contributed by atoms with Crippen molar-refractivity contribution >= 4 is 16.0 Å². The Morgan fingerprint density at radius 1 is 1.25 bits per heavy atom. The Labute approximate surface area is 119 Å². The third kappa shape index (κ3) is 3.37. The largest absolute Gasteiger partial charge is 0.468 e. The lowest BCUT2D eigenvalue weighted by molar-refractivity contribution is -0.147. The molecule has 0 unspecified atom stereocenters. The van der Waals surface area contributed by atoms with Crippen LogP contribution in [0.4, 0.5) is 0 Å². The van der Waals surface area contributed by atoms with Gasteiger partial charge < -0.3 is 4.74 Å². The first-order valence-electron chi connectivity index (χ1n) is 6.61. The van der Waals surface area contributed by atoms with Gasteiger partial charge in [-0.2, -0.15) is 4.72 Å². The highest BCUT2D eigenvalue weighted by Gasteiger charge is 2.45. The van der Waals surface area contributed by atoms with Crippen molar-refractivity contribution < 1.29 is 17.9 Å². The molecule has 2 rings (SSSR count). The molecule has 1 aromatic rings. The van der Waals surface area contributed by atoms with Gasteiger partial charge in [-0.3, -0.25) is 4.79 Å². The first-order valence-corrected chi connectivity index (χ1v) is 8.27. The van der Waals surface area contributed by atoms with Gasteiger partial charge in [-0.15, -0.1) is 0 Å². The van der Waals surface area contributed by atoms with Crippen molar-refractivity contribution in [1.82, 2.24) is 4.72 Å². The van der Waals surface area contributed by atoms with Gasteiger partial charge in [0, 0.05) is 0 Å². The molecule has 0 aromatic heterocycles. The first-order chi connectivity index (χ1) is 9.47. The summed E-state index contributed by atoms with van der Waals surface area (Å²) in [6.45, 7) is 0. The van der Waals surface area contributed by atoms with E-state index in [-0.39, 0.29) is 5.75 Å². The van der Waals surface area contributed by atoms with Crippen LogP contribution in [0.25, 0.3) is 0 Å². The molecule has 0 spiro atoms. The van der Waals surface area contributed by atoms with E-state index >= 15 is 0 Å². The van der Waals surface area contributed by atoms with Gasteiger partial charge in [0.1, 0.15) is 5.54 Å². The van der Waals surface area contributed by atoms with Gasteiger partial charge in [-0.25, -0.2) is 8.42 Å². The third-order valence-corrected chi connectivity index (χ3v) is 5.00. The Morgan fingerprint density at radius 3 is 2.40 bits per heavy atom. The van der Waals surface area contributed by atoms with Gasteiger partial charge in [0.25, 0.3) is 0 Å². The molecule has 0 saturated heterocycles. The summed E-state index contributed by atoms with van der Waals surface area (Å²) in [6, 6.07) is 8.90. The lowest BCUT2D eigenvalue weighted by Gasteiger charge is -2.26. The minimum atomic E-state index is -3.58. The summed E-state index contributed by atoms with van der Waals surface area (Å²) in [5, 5.41) is 0.